The van der Waals surface area contributed by atoms with E-state index in [9.17, 15) is 9.59 Å². The second-order valence-corrected chi connectivity index (χ2v) is 10.0. The predicted octanol–water partition coefficient (Wildman–Crippen LogP) is 3.41. The van der Waals surface area contributed by atoms with Crippen molar-refractivity contribution in [2.45, 2.75) is 38.3 Å². The highest BCUT2D eigenvalue weighted by atomic mass is 32.1. The van der Waals surface area contributed by atoms with Crippen molar-refractivity contribution < 1.29 is 19.1 Å². The average molecular weight is 486 g/mol. The van der Waals surface area contributed by atoms with Gasteiger partial charge in [0.25, 0.3) is 5.91 Å². The Hall–Kier alpha value is -2.42. The molecule has 8 heteroatoms. The van der Waals surface area contributed by atoms with E-state index in [0.717, 1.165) is 48.8 Å². The van der Waals surface area contributed by atoms with Crippen molar-refractivity contribution in [3.05, 3.63) is 52.2 Å². The first-order valence-electron chi connectivity index (χ1n) is 12.2. The van der Waals surface area contributed by atoms with Crippen LogP contribution in [-0.4, -0.2) is 74.2 Å². The largest absolute Gasteiger partial charge is 0.492 e. The number of thiophene rings is 1. The third-order valence-electron chi connectivity index (χ3n) is 6.78. The van der Waals surface area contributed by atoms with Crippen molar-refractivity contribution in [2.24, 2.45) is 5.92 Å². The first-order chi connectivity index (χ1) is 16.6. The van der Waals surface area contributed by atoms with E-state index in [1.165, 1.54) is 11.3 Å². The van der Waals surface area contributed by atoms with Crippen molar-refractivity contribution in [1.29, 1.82) is 0 Å². The molecule has 0 aliphatic carbocycles. The van der Waals surface area contributed by atoms with E-state index < -0.39 is 0 Å². The van der Waals surface area contributed by atoms with Gasteiger partial charge >= 0.3 is 0 Å². The Morgan fingerprint density at radius 3 is 2.68 bits per heavy atom. The fourth-order valence-electron chi connectivity index (χ4n) is 4.60. The summed E-state index contributed by atoms with van der Waals surface area (Å²) in [5.41, 5.74) is 1.02. The van der Waals surface area contributed by atoms with Crippen molar-refractivity contribution in [3.8, 4) is 5.75 Å². The molecule has 2 saturated heterocycles. The zero-order chi connectivity index (χ0) is 23.8. The second-order valence-electron chi connectivity index (χ2n) is 9.08. The highest BCUT2D eigenvalue weighted by Crippen LogP contribution is 2.21. The van der Waals surface area contributed by atoms with Crippen LogP contribution in [0.2, 0.25) is 0 Å². The minimum absolute atomic E-state index is 0.0486. The quantitative estimate of drug-likeness (QED) is 0.590. The Bertz CT molecular complexity index is 922. The maximum absolute atomic E-state index is 12.7. The van der Waals surface area contributed by atoms with E-state index in [-0.39, 0.29) is 17.7 Å². The number of hydrogen-bond donors (Lipinski definition) is 1. The molecule has 0 atom stereocenters. The van der Waals surface area contributed by atoms with Crippen LogP contribution in [-0.2, 0) is 16.1 Å². The monoisotopic (exact) mass is 485 g/mol. The molecule has 2 aromatic rings. The molecular weight excluding hydrogens is 450 g/mol. The lowest BCUT2D eigenvalue weighted by atomic mass is 9.95. The summed E-state index contributed by atoms with van der Waals surface area (Å²) in [4.78, 5) is 30.2. The van der Waals surface area contributed by atoms with Gasteiger partial charge < -0.3 is 19.7 Å². The molecule has 2 aliphatic heterocycles. The van der Waals surface area contributed by atoms with Gasteiger partial charge in [-0.15, -0.1) is 11.3 Å². The van der Waals surface area contributed by atoms with Crippen molar-refractivity contribution in [2.75, 3.05) is 46.5 Å². The Morgan fingerprint density at radius 1 is 1.15 bits per heavy atom. The van der Waals surface area contributed by atoms with Crippen molar-refractivity contribution in [3.63, 3.8) is 0 Å². The molecular formula is C26H35N3O4S. The highest BCUT2D eigenvalue weighted by molar-refractivity contribution is 7.12. The van der Waals surface area contributed by atoms with Crippen molar-refractivity contribution >= 4 is 23.2 Å². The maximum Gasteiger partial charge on any atom is 0.263 e. The van der Waals surface area contributed by atoms with Crippen LogP contribution in [0, 0.1) is 5.92 Å². The number of likely N-dealkylation sites (tertiary alicyclic amines) is 1. The maximum atomic E-state index is 12.7. The van der Waals surface area contributed by atoms with Gasteiger partial charge in [0.15, 0.2) is 0 Å². The summed E-state index contributed by atoms with van der Waals surface area (Å²) in [7, 11) is 2.15. The molecule has 2 fully saturated rings. The Kier molecular flexibility index (Phi) is 8.96. The van der Waals surface area contributed by atoms with Crippen LogP contribution in [0.4, 0.5) is 0 Å². The molecule has 2 aliphatic rings. The van der Waals surface area contributed by atoms with Gasteiger partial charge in [0.1, 0.15) is 12.4 Å². The molecule has 0 saturated carbocycles. The SMILES string of the molecule is CN(CCOc1cccc(CNC(=O)C2CCN(C(=O)c3cccs3)CC2)c1)C1CCOCC1. The Balaban J connectivity index is 1.17. The number of benzene rings is 1. The van der Waals surface area contributed by atoms with E-state index in [1.807, 2.05) is 46.7 Å². The number of ether oxygens (including phenoxy) is 2. The molecule has 4 rings (SSSR count). The summed E-state index contributed by atoms with van der Waals surface area (Å²) < 4.78 is 11.4. The number of nitrogens with one attached hydrogen (secondary N) is 1. The van der Waals surface area contributed by atoms with E-state index in [1.54, 1.807) is 0 Å². The average Bonchev–Trinajstić information content (AvgIpc) is 3.43. The predicted molar refractivity (Wildman–Crippen MR) is 133 cm³/mol. The number of amides is 2. The first-order valence-corrected chi connectivity index (χ1v) is 13.1. The molecule has 3 heterocycles. The Labute approximate surface area is 206 Å². The number of nitrogens with zero attached hydrogens (tertiary/aromatic N) is 2. The molecule has 1 aromatic heterocycles. The molecule has 0 radical (unpaired) electrons. The highest BCUT2D eigenvalue weighted by Gasteiger charge is 2.28. The summed E-state index contributed by atoms with van der Waals surface area (Å²) >= 11 is 1.46. The van der Waals surface area contributed by atoms with Crippen LogP contribution in [0.5, 0.6) is 5.75 Å². The van der Waals surface area contributed by atoms with Gasteiger partial charge in [0.05, 0.1) is 4.88 Å². The van der Waals surface area contributed by atoms with Gasteiger partial charge in [-0.05, 0) is 61.9 Å². The number of likely N-dealkylation sites (N-methyl/N-ethyl adjacent to an activating group) is 1. The lowest BCUT2D eigenvalue weighted by Crippen LogP contribution is -2.42. The van der Waals surface area contributed by atoms with Gasteiger partial charge in [0.2, 0.25) is 5.91 Å². The van der Waals surface area contributed by atoms with Gasteiger partial charge in [-0.1, -0.05) is 18.2 Å². The molecule has 184 valence electrons. The molecule has 1 N–H and O–H groups in total. The zero-order valence-corrected chi connectivity index (χ0v) is 20.7. The van der Waals surface area contributed by atoms with Gasteiger partial charge in [0, 0.05) is 51.4 Å². The van der Waals surface area contributed by atoms with Crippen LogP contribution in [0.15, 0.2) is 41.8 Å². The number of rotatable bonds is 9. The topological polar surface area (TPSA) is 71.1 Å². The normalized spacial score (nSPS) is 17.6. The van der Waals surface area contributed by atoms with Gasteiger partial charge in [-0.3, -0.25) is 14.5 Å². The van der Waals surface area contributed by atoms with Crippen LogP contribution >= 0.6 is 11.3 Å². The van der Waals surface area contributed by atoms with E-state index in [0.29, 0.717) is 45.1 Å². The summed E-state index contributed by atoms with van der Waals surface area (Å²) in [5.74, 6) is 0.914. The first kappa shape index (κ1) is 24.7. The minimum Gasteiger partial charge on any atom is -0.492 e. The molecule has 1 aromatic carbocycles. The minimum atomic E-state index is -0.0486. The third-order valence-corrected chi connectivity index (χ3v) is 7.63. The van der Waals surface area contributed by atoms with Crippen LogP contribution < -0.4 is 10.1 Å². The molecule has 0 bridgehead atoms. The van der Waals surface area contributed by atoms with Gasteiger partial charge in [-0.2, -0.15) is 0 Å². The summed E-state index contributed by atoms with van der Waals surface area (Å²) in [6.45, 7) is 4.92. The molecule has 0 unspecified atom stereocenters. The molecule has 2 amide bonds. The van der Waals surface area contributed by atoms with Gasteiger partial charge in [-0.25, -0.2) is 0 Å². The van der Waals surface area contributed by atoms with Crippen LogP contribution in [0.3, 0.4) is 0 Å². The summed E-state index contributed by atoms with van der Waals surface area (Å²) in [6, 6.07) is 12.2. The summed E-state index contributed by atoms with van der Waals surface area (Å²) in [5, 5.41) is 4.98. The molecule has 34 heavy (non-hydrogen) atoms. The third kappa shape index (κ3) is 6.81. The second kappa shape index (κ2) is 12.3. The number of carbonyl (C=O) groups is 2. The molecule has 7 nitrogen and oxygen atoms in total. The van der Waals surface area contributed by atoms with E-state index in [2.05, 4.69) is 17.3 Å². The lowest BCUT2D eigenvalue weighted by molar-refractivity contribution is -0.126. The number of carbonyl (C=O) groups excluding carboxylic acids is 2. The van der Waals surface area contributed by atoms with Crippen LogP contribution in [0.1, 0.15) is 40.9 Å². The lowest BCUT2D eigenvalue weighted by Gasteiger charge is -2.31. The summed E-state index contributed by atoms with van der Waals surface area (Å²) in [6.07, 6.45) is 3.56. The van der Waals surface area contributed by atoms with E-state index in [4.69, 9.17) is 9.47 Å². The number of piperidine rings is 1. The molecule has 0 spiro atoms. The Morgan fingerprint density at radius 2 is 1.94 bits per heavy atom. The fraction of sp³-hybridized carbons (Fsp3) is 0.538. The van der Waals surface area contributed by atoms with E-state index >= 15 is 0 Å². The van der Waals surface area contributed by atoms with Crippen molar-refractivity contribution in [1.82, 2.24) is 15.1 Å². The smallest absolute Gasteiger partial charge is 0.263 e. The fourth-order valence-corrected chi connectivity index (χ4v) is 5.29. The number of hydrogen-bond acceptors (Lipinski definition) is 6. The van der Waals surface area contributed by atoms with Crippen LogP contribution in [0.25, 0.3) is 0 Å². The zero-order valence-electron chi connectivity index (χ0n) is 19.9. The standard InChI is InChI=1S/C26H35N3O4S/c1-28(22-9-14-32-15-10-22)13-16-33-23-5-2-4-20(18-23)19-27-25(30)21-7-11-29(12-8-21)26(31)24-6-3-17-34-24/h2-6,17-18,21-22H,7-16,19H2,1H3,(H,27,30).